The van der Waals surface area contributed by atoms with Gasteiger partial charge < -0.3 is 10.0 Å². The molecule has 7 nitrogen and oxygen atoms in total. The third kappa shape index (κ3) is 3.60. The molecular formula is C14H24N2O5S. The molecule has 0 spiro atoms. The highest BCUT2D eigenvalue weighted by atomic mass is 32.2. The highest BCUT2D eigenvalue weighted by molar-refractivity contribution is 7.89. The van der Waals surface area contributed by atoms with Crippen molar-refractivity contribution < 1.29 is 23.1 Å². The number of likely N-dealkylation sites (tertiary alicyclic amines) is 1. The first-order chi connectivity index (χ1) is 10.3. The minimum absolute atomic E-state index is 0.0300. The molecular weight excluding hydrogens is 308 g/mol. The van der Waals surface area contributed by atoms with E-state index < -0.39 is 33.6 Å². The van der Waals surface area contributed by atoms with Gasteiger partial charge in [-0.05, 0) is 24.7 Å². The molecule has 22 heavy (non-hydrogen) atoms. The van der Waals surface area contributed by atoms with Crippen LogP contribution in [0.2, 0.25) is 0 Å². The van der Waals surface area contributed by atoms with Crippen molar-refractivity contribution in [2.75, 3.05) is 31.9 Å². The maximum atomic E-state index is 12.3. The van der Waals surface area contributed by atoms with Gasteiger partial charge in [-0.3, -0.25) is 9.59 Å². The first-order valence-corrected chi connectivity index (χ1v) is 9.39. The summed E-state index contributed by atoms with van der Waals surface area (Å²) in [6.45, 7) is 4.61. The molecule has 0 radical (unpaired) electrons. The van der Waals surface area contributed by atoms with Crippen LogP contribution in [0.4, 0.5) is 0 Å². The van der Waals surface area contributed by atoms with E-state index in [0.29, 0.717) is 25.6 Å². The number of carboxylic acids is 1. The lowest BCUT2D eigenvalue weighted by atomic mass is 9.92. The summed E-state index contributed by atoms with van der Waals surface area (Å²) in [5.74, 6) is -2.16. The van der Waals surface area contributed by atoms with Crippen molar-refractivity contribution in [3.63, 3.8) is 0 Å². The van der Waals surface area contributed by atoms with Crippen LogP contribution in [-0.4, -0.2) is 66.5 Å². The molecule has 0 aromatic rings. The predicted molar refractivity (Wildman–Crippen MR) is 80.6 cm³/mol. The van der Waals surface area contributed by atoms with E-state index in [9.17, 15) is 23.1 Å². The average Bonchev–Trinajstić information content (AvgIpc) is 3.17. The monoisotopic (exact) mass is 332 g/mol. The van der Waals surface area contributed by atoms with Gasteiger partial charge in [0.05, 0.1) is 5.92 Å². The quantitative estimate of drug-likeness (QED) is 0.720. The number of amides is 1. The van der Waals surface area contributed by atoms with Crippen molar-refractivity contribution in [2.24, 2.45) is 17.8 Å². The molecule has 1 aliphatic heterocycles. The lowest BCUT2D eigenvalue weighted by molar-refractivity contribution is -0.142. The molecule has 1 saturated carbocycles. The Balaban J connectivity index is 2.03. The summed E-state index contributed by atoms with van der Waals surface area (Å²) in [6.07, 6.45) is 2.02. The van der Waals surface area contributed by atoms with Gasteiger partial charge in [-0.15, -0.1) is 0 Å². The van der Waals surface area contributed by atoms with Gasteiger partial charge in [0.2, 0.25) is 15.9 Å². The van der Waals surface area contributed by atoms with Gasteiger partial charge in [0.15, 0.2) is 0 Å². The van der Waals surface area contributed by atoms with Crippen molar-refractivity contribution in [3.8, 4) is 0 Å². The second-order valence-corrected chi connectivity index (χ2v) is 8.05. The van der Waals surface area contributed by atoms with E-state index in [-0.39, 0.29) is 12.5 Å². The van der Waals surface area contributed by atoms with Crippen LogP contribution in [0, 0.1) is 17.8 Å². The molecule has 2 aliphatic rings. The Morgan fingerprint density at radius 1 is 1.18 bits per heavy atom. The Labute approximate surface area is 131 Å². The number of hydrogen-bond acceptors (Lipinski definition) is 4. The lowest BCUT2D eigenvalue weighted by Crippen LogP contribution is -2.41. The zero-order valence-electron chi connectivity index (χ0n) is 13.1. The number of nitrogens with zero attached hydrogens (tertiary/aromatic N) is 2. The van der Waals surface area contributed by atoms with Crippen LogP contribution in [-0.2, 0) is 19.6 Å². The van der Waals surface area contributed by atoms with Crippen molar-refractivity contribution >= 4 is 21.9 Å². The topological polar surface area (TPSA) is 95.0 Å². The Hall–Kier alpha value is -1.15. The summed E-state index contributed by atoms with van der Waals surface area (Å²) >= 11 is 0. The molecule has 126 valence electrons. The average molecular weight is 332 g/mol. The summed E-state index contributed by atoms with van der Waals surface area (Å²) in [7, 11) is -3.62. The Kier molecular flexibility index (Phi) is 5.11. The molecule has 1 heterocycles. The maximum Gasteiger partial charge on any atom is 0.308 e. The molecule has 2 rings (SSSR count). The van der Waals surface area contributed by atoms with E-state index in [2.05, 4.69) is 0 Å². The summed E-state index contributed by atoms with van der Waals surface area (Å²) in [5, 5.41) is 9.29. The number of carbonyl (C=O) groups is 2. The minimum Gasteiger partial charge on any atom is -0.481 e. The fraction of sp³-hybridized carbons (Fsp3) is 0.857. The molecule has 2 atom stereocenters. The first-order valence-electron chi connectivity index (χ1n) is 7.78. The molecule has 0 bridgehead atoms. The van der Waals surface area contributed by atoms with Crippen LogP contribution in [0.25, 0.3) is 0 Å². The summed E-state index contributed by atoms with van der Waals surface area (Å²) in [5.41, 5.74) is 0. The van der Waals surface area contributed by atoms with Crippen LogP contribution in [0.15, 0.2) is 0 Å². The van der Waals surface area contributed by atoms with E-state index in [4.69, 9.17) is 0 Å². The van der Waals surface area contributed by atoms with Gasteiger partial charge in [0.25, 0.3) is 0 Å². The van der Waals surface area contributed by atoms with E-state index in [0.717, 1.165) is 12.8 Å². The third-order valence-electron chi connectivity index (χ3n) is 4.67. The van der Waals surface area contributed by atoms with Crippen molar-refractivity contribution in [1.82, 2.24) is 9.21 Å². The lowest BCUT2D eigenvalue weighted by Gasteiger charge is -2.21. The van der Waals surface area contributed by atoms with Gasteiger partial charge in [-0.1, -0.05) is 13.8 Å². The van der Waals surface area contributed by atoms with Crippen molar-refractivity contribution in [3.05, 3.63) is 0 Å². The zero-order valence-corrected chi connectivity index (χ0v) is 13.9. The summed E-state index contributed by atoms with van der Waals surface area (Å²) in [6, 6.07) is 0. The van der Waals surface area contributed by atoms with Gasteiger partial charge in [-0.2, -0.15) is 0 Å². The van der Waals surface area contributed by atoms with Gasteiger partial charge in [-0.25, -0.2) is 12.7 Å². The smallest absolute Gasteiger partial charge is 0.308 e. The Morgan fingerprint density at radius 2 is 1.77 bits per heavy atom. The number of hydrogen-bond donors (Lipinski definition) is 1. The molecule has 1 N–H and O–H groups in total. The third-order valence-corrected chi connectivity index (χ3v) is 6.58. The number of sulfonamides is 1. The Bertz CT molecular complexity index is 539. The fourth-order valence-electron chi connectivity index (χ4n) is 3.25. The summed E-state index contributed by atoms with van der Waals surface area (Å²) < 4.78 is 25.6. The summed E-state index contributed by atoms with van der Waals surface area (Å²) in [4.78, 5) is 25.0. The van der Waals surface area contributed by atoms with E-state index in [1.165, 1.54) is 9.21 Å². The second kappa shape index (κ2) is 6.54. The predicted octanol–water partition coefficient (Wildman–Crippen LogP) is 0.227. The highest BCUT2D eigenvalue weighted by Gasteiger charge is 2.47. The Morgan fingerprint density at radius 3 is 2.23 bits per heavy atom. The standard InChI is InChI=1S/C14H24N2O5S/c1-3-16(4-2)22(20,21)9-13(17)15-7-11(10-5-6-10)12(8-15)14(18)19/h10-12H,3-9H2,1-2H3,(H,18,19)/t11-,12+/m1/s1. The van der Waals surface area contributed by atoms with Crippen molar-refractivity contribution in [1.29, 1.82) is 0 Å². The SMILES string of the molecule is CCN(CC)S(=O)(=O)CC(=O)N1C[C@H](C(=O)O)[C@@H](C2CC2)C1. The van der Waals surface area contributed by atoms with Crippen LogP contribution in [0.1, 0.15) is 26.7 Å². The van der Waals surface area contributed by atoms with E-state index >= 15 is 0 Å². The fourth-order valence-corrected chi connectivity index (χ4v) is 4.72. The molecule has 1 saturated heterocycles. The van der Waals surface area contributed by atoms with Gasteiger partial charge >= 0.3 is 5.97 Å². The zero-order chi connectivity index (χ0) is 16.5. The second-order valence-electron chi connectivity index (χ2n) is 6.09. The molecule has 0 aromatic carbocycles. The number of aliphatic carboxylic acids is 1. The molecule has 1 aliphatic carbocycles. The highest BCUT2D eigenvalue weighted by Crippen LogP contribution is 2.44. The van der Waals surface area contributed by atoms with E-state index in [1.807, 2.05) is 0 Å². The molecule has 0 aromatic heterocycles. The molecule has 8 heteroatoms. The number of carbonyl (C=O) groups excluding carboxylic acids is 1. The first kappa shape index (κ1) is 17.2. The maximum absolute atomic E-state index is 12.3. The molecule has 1 amide bonds. The normalized spacial score (nSPS) is 25.7. The number of rotatable bonds is 7. The van der Waals surface area contributed by atoms with Gasteiger partial charge in [0.1, 0.15) is 5.75 Å². The van der Waals surface area contributed by atoms with Crippen LogP contribution < -0.4 is 0 Å². The van der Waals surface area contributed by atoms with Crippen LogP contribution >= 0.6 is 0 Å². The minimum atomic E-state index is -3.62. The molecule has 2 fully saturated rings. The van der Waals surface area contributed by atoms with Crippen molar-refractivity contribution in [2.45, 2.75) is 26.7 Å². The van der Waals surface area contributed by atoms with E-state index in [1.54, 1.807) is 13.8 Å². The van der Waals surface area contributed by atoms with Crippen LogP contribution in [0.5, 0.6) is 0 Å². The number of carboxylic acid groups (broad SMARTS) is 1. The largest absolute Gasteiger partial charge is 0.481 e. The molecule has 0 unspecified atom stereocenters. The van der Waals surface area contributed by atoms with Crippen LogP contribution in [0.3, 0.4) is 0 Å². The van der Waals surface area contributed by atoms with Gasteiger partial charge in [0, 0.05) is 26.2 Å².